The number of benzene rings is 2. The first-order chi connectivity index (χ1) is 14.9. The highest BCUT2D eigenvalue weighted by Gasteiger charge is 2.24. The number of hydrogen-bond acceptors (Lipinski definition) is 4. The van der Waals surface area contributed by atoms with Crippen molar-refractivity contribution in [2.45, 2.75) is 33.2 Å². The largest absolute Gasteiger partial charge is 0.339 e. The quantitative estimate of drug-likeness (QED) is 0.739. The minimum absolute atomic E-state index is 0.0607. The van der Waals surface area contributed by atoms with E-state index in [0.29, 0.717) is 29.9 Å². The maximum absolute atomic E-state index is 13.1. The summed E-state index contributed by atoms with van der Waals surface area (Å²) < 4.78 is 13.1. The van der Waals surface area contributed by atoms with Crippen LogP contribution in [-0.2, 0) is 16.1 Å². The lowest BCUT2D eigenvalue weighted by molar-refractivity contribution is -0.132. The first-order valence-corrected chi connectivity index (χ1v) is 10.2. The number of amides is 3. The minimum atomic E-state index is -0.403. The van der Waals surface area contributed by atoms with Gasteiger partial charge in [-0.15, -0.1) is 0 Å². The van der Waals surface area contributed by atoms with Crippen molar-refractivity contribution in [2.24, 2.45) is 5.10 Å². The number of halogens is 1. The van der Waals surface area contributed by atoms with Crippen molar-refractivity contribution < 1.29 is 18.8 Å². The molecular formula is C23H25FN4O3. The Balaban J connectivity index is 1.67. The van der Waals surface area contributed by atoms with Crippen LogP contribution in [0.4, 0.5) is 10.1 Å². The normalized spacial score (nSPS) is 13.6. The molecule has 0 saturated carbocycles. The van der Waals surface area contributed by atoms with Crippen molar-refractivity contribution in [1.29, 1.82) is 0 Å². The van der Waals surface area contributed by atoms with Crippen molar-refractivity contribution in [3.63, 3.8) is 0 Å². The fraction of sp³-hybridized carbons (Fsp3) is 0.304. The van der Waals surface area contributed by atoms with Crippen molar-refractivity contribution in [3.05, 3.63) is 65.5 Å². The van der Waals surface area contributed by atoms with Gasteiger partial charge in [0.15, 0.2) is 0 Å². The third-order valence-corrected chi connectivity index (χ3v) is 5.05. The molecule has 0 spiro atoms. The highest BCUT2D eigenvalue weighted by molar-refractivity contribution is 6.43. The van der Waals surface area contributed by atoms with Gasteiger partial charge in [0.2, 0.25) is 5.91 Å². The average molecular weight is 424 g/mol. The summed E-state index contributed by atoms with van der Waals surface area (Å²) in [5.41, 5.74) is 2.04. The van der Waals surface area contributed by atoms with E-state index in [1.165, 1.54) is 17.1 Å². The number of nitrogens with zero attached hydrogens (tertiary/aromatic N) is 3. The molecule has 8 heteroatoms. The Morgan fingerprint density at radius 1 is 1.03 bits per heavy atom. The fourth-order valence-electron chi connectivity index (χ4n) is 3.24. The van der Waals surface area contributed by atoms with Gasteiger partial charge in [0.25, 0.3) is 11.8 Å². The maximum Gasteiger partial charge on any atom is 0.271 e. The van der Waals surface area contributed by atoms with Crippen molar-refractivity contribution in [2.75, 3.05) is 18.4 Å². The molecule has 162 valence electrons. The fourth-order valence-corrected chi connectivity index (χ4v) is 3.24. The lowest BCUT2D eigenvalue weighted by Gasteiger charge is -2.23. The Morgan fingerprint density at radius 3 is 2.29 bits per heavy atom. The lowest BCUT2D eigenvalue weighted by Crippen LogP contribution is -2.36. The van der Waals surface area contributed by atoms with Crippen LogP contribution in [0.3, 0.4) is 0 Å². The Bertz CT molecular complexity index is 983. The number of nitrogens with one attached hydrogen (secondary N) is 1. The summed E-state index contributed by atoms with van der Waals surface area (Å²) in [5.74, 6) is -1.02. The maximum atomic E-state index is 13.1. The number of rotatable bonds is 7. The summed E-state index contributed by atoms with van der Waals surface area (Å²) in [4.78, 5) is 38.9. The molecule has 7 nitrogen and oxygen atoms in total. The van der Waals surface area contributed by atoms with Crippen LogP contribution in [0, 0.1) is 5.82 Å². The Hall–Kier alpha value is -3.55. The minimum Gasteiger partial charge on any atom is -0.339 e. The second kappa shape index (κ2) is 9.97. The van der Waals surface area contributed by atoms with Crippen LogP contribution < -0.4 is 5.32 Å². The van der Waals surface area contributed by atoms with E-state index in [4.69, 9.17) is 0 Å². The molecule has 3 amide bonds. The van der Waals surface area contributed by atoms with Crippen LogP contribution in [0.5, 0.6) is 0 Å². The molecule has 0 fully saturated rings. The summed E-state index contributed by atoms with van der Waals surface area (Å²) in [7, 11) is 0. The van der Waals surface area contributed by atoms with Crippen LogP contribution in [0.2, 0.25) is 0 Å². The molecular weight excluding hydrogens is 399 g/mol. The van der Waals surface area contributed by atoms with Gasteiger partial charge in [-0.3, -0.25) is 14.4 Å². The molecule has 2 aromatic rings. The number of anilines is 1. The number of carbonyl (C=O) groups is 3. The molecule has 1 aliphatic rings. The van der Waals surface area contributed by atoms with Gasteiger partial charge in [-0.1, -0.05) is 12.1 Å². The number of carbonyl (C=O) groups excluding carboxylic acids is 3. The predicted octanol–water partition coefficient (Wildman–Crippen LogP) is 3.42. The number of hydrogen-bond donors (Lipinski definition) is 1. The summed E-state index contributed by atoms with van der Waals surface area (Å²) >= 11 is 0. The van der Waals surface area contributed by atoms with Gasteiger partial charge in [-0.2, -0.15) is 5.10 Å². The molecule has 2 aromatic carbocycles. The van der Waals surface area contributed by atoms with Gasteiger partial charge in [0.1, 0.15) is 11.5 Å². The zero-order chi connectivity index (χ0) is 22.4. The summed E-state index contributed by atoms with van der Waals surface area (Å²) in [6, 6.07) is 12.5. The molecule has 3 rings (SSSR count). The lowest BCUT2D eigenvalue weighted by atomic mass is 10.1. The van der Waals surface area contributed by atoms with E-state index in [1.54, 1.807) is 41.3 Å². The van der Waals surface area contributed by atoms with Crippen LogP contribution in [0.25, 0.3) is 0 Å². The van der Waals surface area contributed by atoms with Gasteiger partial charge >= 0.3 is 0 Å². The van der Waals surface area contributed by atoms with Crippen LogP contribution >= 0.6 is 0 Å². The van der Waals surface area contributed by atoms with Gasteiger partial charge < -0.3 is 10.2 Å². The van der Waals surface area contributed by atoms with Crippen LogP contribution in [0.1, 0.15) is 42.6 Å². The molecule has 1 aliphatic heterocycles. The Kier molecular flexibility index (Phi) is 7.12. The highest BCUT2D eigenvalue weighted by Crippen LogP contribution is 2.16. The molecule has 0 atom stereocenters. The van der Waals surface area contributed by atoms with Crippen LogP contribution in [-0.4, -0.2) is 46.4 Å². The Morgan fingerprint density at radius 2 is 1.68 bits per heavy atom. The average Bonchev–Trinajstić information content (AvgIpc) is 2.78. The van der Waals surface area contributed by atoms with Crippen molar-refractivity contribution >= 4 is 29.1 Å². The van der Waals surface area contributed by atoms with E-state index in [2.05, 4.69) is 10.4 Å². The third-order valence-electron chi connectivity index (χ3n) is 5.05. The van der Waals surface area contributed by atoms with E-state index in [-0.39, 0.29) is 42.7 Å². The molecule has 1 heterocycles. The first-order valence-electron chi connectivity index (χ1n) is 10.2. The van der Waals surface area contributed by atoms with Crippen molar-refractivity contribution in [3.8, 4) is 0 Å². The standard InChI is InChI=1S/C23H25FN4O3/c1-3-27(4-2)23(31)17-7-11-19(12-8-17)25-22(30)20-13-14-21(29)28(26-20)15-16-5-9-18(24)10-6-16/h5-12H,3-4,13-15H2,1-2H3,(H,25,30). The molecule has 0 bridgehead atoms. The highest BCUT2D eigenvalue weighted by atomic mass is 19.1. The monoisotopic (exact) mass is 424 g/mol. The van der Waals surface area contributed by atoms with Gasteiger partial charge in [-0.05, 0) is 55.8 Å². The summed E-state index contributed by atoms with van der Waals surface area (Å²) in [5, 5.41) is 8.19. The second-order valence-electron chi connectivity index (χ2n) is 7.13. The topological polar surface area (TPSA) is 82.1 Å². The SMILES string of the molecule is CCN(CC)C(=O)c1ccc(NC(=O)C2=NN(Cc3ccc(F)cc3)C(=O)CC2)cc1. The molecule has 0 unspecified atom stereocenters. The first kappa shape index (κ1) is 22.1. The van der Waals surface area contributed by atoms with E-state index in [9.17, 15) is 18.8 Å². The van der Waals surface area contributed by atoms with Gasteiger partial charge in [0.05, 0.1) is 6.54 Å². The molecule has 0 aliphatic carbocycles. The summed E-state index contributed by atoms with van der Waals surface area (Å²) in [6.07, 6.45) is 0.411. The molecule has 0 radical (unpaired) electrons. The number of hydrazone groups is 1. The smallest absolute Gasteiger partial charge is 0.271 e. The van der Waals surface area contributed by atoms with E-state index in [1.807, 2.05) is 13.8 Å². The van der Waals surface area contributed by atoms with E-state index >= 15 is 0 Å². The summed E-state index contributed by atoms with van der Waals surface area (Å²) in [6.45, 7) is 5.26. The second-order valence-corrected chi connectivity index (χ2v) is 7.13. The van der Waals surface area contributed by atoms with E-state index < -0.39 is 5.91 Å². The van der Waals surface area contributed by atoms with E-state index in [0.717, 1.165) is 0 Å². The van der Waals surface area contributed by atoms with Crippen LogP contribution in [0.15, 0.2) is 53.6 Å². The Labute approximate surface area is 180 Å². The zero-order valence-corrected chi connectivity index (χ0v) is 17.6. The predicted molar refractivity (Wildman–Crippen MR) is 116 cm³/mol. The molecule has 0 saturated heterocycles. The van der Waals surface area contributed by atoms with Gasteiger partial charge in [0, 0.05) is 37.2 Å². The van der Waals surface area contributed by atoms with Gasteiger partial charge in [-0.25, -0.2) is 9.40 Å². The molecule has 1 N–H and O–H groups in total. The zero-order valence-electron chi connectivity index (χ0n) is 17.6. The molecule has 0 aromatic heterocycles. The molecule has 31 heavy (non-hydrogen) atoms. The third kappa shape index (κ3) is 5.53. The van der Waals surface area contributed by atoms with Crippen molar-refractivity contribution in [1.82, 2.24) is 9.91 Å².